The van der Waals surface area contributed by atoms with Crippen LogP contribution in [0.5, 0.6) is 0 Å². The summed E-state index contributed by atoms with van der Waals surface area (Å²) in [6, 6.07) is -1.17. The fourth-order valence-corrected chi connectivity index (χ4v) is 1.86. The molecule has 1 unspecified atom stereocenters. The Morgan fingerprint density at radius 1 is 1.06 bits per heavy atom. The van der Waals surface area contributed by atoms with Gasteiger partial charge in [0.25, 0.3) is 0 Å². The lowest BCUT2D eigenvalue weighted by molar-refractivity contribution is -0.139. The molecule has 0 fully saturated rings. The van der Waals surface area contributed by atoms with Gasteiger partial charge in [0.15, 0.2) is 0 Å². The Hall–Kier alpha value is -1.26. The SMILES string of the molecule is CCC(CC)C(C)NC(=O)N[C@H](CC)C(=O)O. The molecule has 0 bridgehead atoms. The van der Waals surface area contributed by atoms with Gasteiger partial charge in [-0.1, -0.05) is 33.6 Å². The van der Waals surface area contributed by atoms with E-state index in [1.165, 1.54) is 0 Å². The van der Waals surface area contributed by atoms with Gasteiger partial charge in [0, 0.05) is 6.04 Å². The van der Waals surface area contributed by atoms with Crippen molar-refractivity contribution in [2.75, 3.05) is 0 Å². The summed E-state index contributed by atoms with van der Waals surface area (Å²) in [7, 11) is 0. The minimum Gasteiger partial charge on any atom is -0.480 e. The average Bonchev–Trinajstić information content (AvgIpc) is 2.27. The number of carboxylic acid groups (broad SMARTS) is 1. The third-order valence-electron chi connectivity index (χ3n) is 3.13. The normalized spacial score (nSPS) is 14.2. The number of aliphatic carboxylic acids is 1. The van der Waals surface area contributed by atoms with Gasteiger partial charge in [-0.25, -0.2) is 9.59 Å². The maximum atomic E-state index is 11.6. The molecule has 0 rings (SSSR count). The Balaban J connectivity index is 4.21. The summed E-state index contributed by atoms with van der Waals surface area (Å²) in [5.74, 6) is -0.580. The van der Waals surface area contributed by atoms with E-state index in [9.17, 15) is 9.59 Å². The first-order chi connectivity index (χ1) is 7.96. The molecule has 0 aromatic rings. The Kier molecular flexibility index (Phi) is 7.34. The highest BCUT2D eigenvalue weighted by Crippen LogP contribution is 2.12. The molecule has 0 aromatic heterocycles. The maximum Gasteiger partial charge on any atom is 0.326 e. The molecule has 0 spiro atoms. The molecule has 17 heavy (non-hydrogen) atoms. The van der Waals surface area contributed by atoms with Crippen molar-refractivity contribution in [1.29, 1.82) is 0 Å². The Labute approximate surface area is 103 Å². The van der Waals surface area contributed by atoms with Gasteiger partial charge in [0.1, 0.15) is 6.04 Å². The highest BCUT2D eigenvalue weighted by molar-refractivity contribution is 5.82. The van der Waals surface area contributed by atoms with Crippen LogP contribution < -0.4 is 10.6 Å². The molecule has 2 amide bonds. The summed E-state index contributed by atoms with van der Waals surface area (Å²) in [6.07, 6.45) is 2.37. The molecule has 0 heterocycles. The van der Waals surface area contributed by atoms with Crippen molar-refractivity contribution < 1.29 is 14.7 Å². The van der Waals surface area contributed by atoms with Gasteiger partial charge in [-0.2, -0.15) is 0 Å². The number of amides is 2. The second-order valence-corrected chi connectivity index (χ2v) is 4.28. The van der Waals surface area contributed by atoms with E-state index in [2.05, 4.69) is 24.5 Å². The first-order valence-electron chi connectivity index (χ1n) is 6.25. The Morgan fingerprint density at radius 2 is 1.59 bits per heavy atom. The summed E-state index contributed by atoms with van der Waals surface area (Å²) in [5, 5.41) is 14.1. The molecule has 0 aliphatic carbocycles. The maximum absolute atomic E-state index is 11.6. The zero-order chi connectivity index (χ0) is 13.4. The molecule has 3 N–H and O–H groups in total. The van der Waals surface area contributed by atoms with Gasteiger partial charge in [-0.15, -0.1) is 0 Å². The first-order valence-corrected chi connectivity index (χ1v) is 6.25. The van der Waals surface area contributed by atoms with Gasteiger partial charge in [0.05, 0.1) is 0 Å². The molecular weight excluding hydrogens is 220 g/mol. The highest BCUT2D eigenvalue weighted by atomic mass is 16.4. The van der Waals surface area contributed by atoms with Gasteiger partial charge >= 0.3 is 12.0 Å². The van der Waals surface area contributed by atoms with Crippen LogP contribution in [0.15, 0.2) is 0 Å². The quantitative estimate of drug-likeness (QED) is 0.640. The highest BCUT2D eigenvalue weighted by Gasteiger charge is 2.20. The number of hydrogen-bond acceptors (Lipinski definition) is 2. The molecule has 0 aromatic carbocycles. The van der Waals surface area contributed by atoms with Gasteiger partial charge in [-0.05, 0) is 19.3 Å². The third-order valence-corrected chi connectivity index (χ3v) is 3.13. The lowest BCUT2D eigenvalue weighted by Crippen LogP contribution is -2.49. The smallest absolute Gasteiger partial charge is 0.326 e. The molecule has 0 radical (unpaired) electrons. The lowest BCUT2D eigenvalue weighted by atomic mass is 9.96. The average molecular weight is 244 g/mol. The summed E-state index contributed by atoms with van der Waals surface area (Å²) >= 11 is 0. The van der Waals surface area contributed by atoms with Crippen molar-refractivity contribution in [3.05, 3.63) is 0 Å². The molecular formula is C12H24N2O3. The number of hydrogen-bond donors (Lipinski definition) is 3. The topological polar surface area (TPSA) is 78.4 Å². The van der Waals surface area contributed by atoms with Crippen LogP contribution in [0.25, 0.3) is 0 Å². The molecule has 0 aliphatic heterocycles. The number of carbonyl (C=O) groups excluding carboxylic acids is 1. The van der Waals surface area contributed by atoms with Crippen LogP contribution in [-0.4, -0.2) is 29.2 Å². The predicted molar refractivity (Wildman–Crippen MR) is 66.9 cm³/mol. The fraction of sp³-hybridized carbons (Fsp3) is 0.833. The van der Waals surface area contributed by atoms with Crippen LogP contribution in [0.2, 0.25) is 0 Å². The van der Waals surface area contributed by atoms with Crippen molar-refractivity contribution in [2.24, 2.45) is 5.92 Å². The predicted octanol–water partition coefficient (Wildman–Crippen LogP) is 1.97. The van der Waals surface area contributed by atoms with Crippen LogP contribution >= 0.6 is 0 Å². The van der Waals surface area contributed by atoms with Crippen molar-refractivity contribution in [1.82, 2.24) is 10.6 Å². The van der Waals surface area contributed by atoms with Crippen LogP contribution in [-0.2, 0) is 4.79 Å². The summed E-state index contributed by atoms with van der Waals surface area (Å²) in [6.45, 7) is 7.83. The second-order valence-electron chi connectivity index (χ2n) is 4.28. The number of carboxylic acids is 1. The summed E-state index contributed by atoms with van der Waals surface area (Å²) in [4.78, 5) is 22.3. The number of rotatable bonds is 7. The van der Waals surface area contributed by atoms with E-state index in [0.29, 0.717) is 12.3 Å². The van der Waals surface area contributed by atoms with Crippen molar-refractivity contribution in [3.63, 3.8) is 0 Å². The van der Waals surface area contributed by atoms with Crippen molar-refractivity contribution >= 4 is 12.0 Å². The van der Waals surface area contributed by atoms with Crippen LogP contribution in [0.1, 0.15) is 47.0 Å². The number of carbonyl (C=O) groups is 2. The van der Waals surface area contributed by atoms with Gasteiger partial charge in [-0.3, -0.25) is 0 Å². The molecule has 0 saturated heterocycles. The Morgan fingerprint density at radius 3 is 1.94 bits per heavy atom. The number of urea groups is 1. The van der Waals surface area contributed by atoms with Gasteiger partial charge in [0.2, 0.25) is 0 Å². The standard InChI is InChI=1S/C12H24N2O3/c1-5-9(6-2)8(4)13-12(17)14-10(7-3)11(15)16/h8-10H,5-7H2,1-4H3,(H,15,16)(H2,13,14,17)/t8?,10-/m1/s1. The zero-order valence-electron chi connectivity index (χ0n) is 11.1. The molecule has 0 aliphatic rings. The molecule has 100 valence electrons. The van der Waals surface area contributed by atoms with Gasteiger partial charge < -0.3 is 15.7 Å². The van der Waals surface area contributed by atoms with Crippen molar-refractivity contribution in [2.45, 2.75) is 59.0 Å². The molecule has 0 saturated carbocycles. The van der Waals surface area contributed by atoms with E-state index >= 15 is 0 Å². The summed E-state index contributed by atoms with van der Waals surface area (Å²) < 4.78 is 0. The van der Waals surface area contributed by atoms with E-state index < -0.39 is 18.0 Å². The lowest BCUT2D eigenvalue weighted by Gasteiger charge is -2.23. The van der Waals surface area contributed by atoms with Crippen molar-refractivity contribution in [3.8, 4) is 0 Å². The molecule has 5 heteroatoms. The van der Waals surface area contributed by atoms with E-state index in [0.717, 1.165) is 12.8 Å². The third kappa shape index (κ3) is 5.56. The monoisotopic (exact) mass is 244 g/mol. The van der Waals surface area contributed by atoms with Crippen LogP contribution in [0, 0.1) is 5.92 Å². The summed E-state index contributed by atoms with van der Waals surface area (Å²) in [5.41, 5.74) is 0. The van der Waals surface area contributed by atoms with E-state index in [-0.39, 0.29) is 6.04 Å². The largest absolute Gasteiger partial charge is 0.480 e. The number of nitrogens with one attached hydrogen (secondary N) is 2. The minimum atomic E-state index is -1.00. The zero-order valence-corrected chi connectivity index (χ0v) is 11.1. The van der Waals surface area contributed by atoms with Crippen LogP contribution in [0.3, 0.4) is 0 Å². The van der Waals surface area contributed by atoms with E-state index in [4.69, 9.17) is 5.11 Å². The van der Waals surface area contributed by atoms with Crippen LogP contribution in [0.4, 0.5) is 4.79 Å². The van der Waals surface area contributed by atoms with E-state index in [1.807, 2.05) is 6.92 Å². The second kappa shape index (κ2) is 7.92. The molecule has 2 atom stereocenters. The fourth-order valence-electron chi connectivity index (χ4n) is 1.86. The molecule has 5 nitrogen and oxygen atoms in total. The van der Waals surface area contributed by atoms with E-state index in [1.54, 1.807) is 6.92 Å². The minimum absolute atomic E-state index is 0.0521. The first kappa shape index (κ1) is 15.7. The Bertz CT molecular complexity index is 252.